The van der Waals surface area contributed by atoms with Crippen molar-refractivity contribution in [3.05, 3.63) is 28.8 Å². The fraction of sp³-hybridized carbons (Fsp3) is 0.300. The molecule has 18 heavy (non-hydrogen) atoms. The number of nitrogens with zero attached hydrogens (tertiary/aromatic N) is 1. The molecule has 0 saturated heterocycles. The first kappa shape index (κ1) is 14.7. The summed E-state index contributed by atoms with van der Waals surface area (Å²) in [6.45, 7) is 1.05. The molecule has 0 atom stereocenters. The summed E-state index contributed by atoms with van der Waals surface area (Å²) in [4.78, 5) is 10.5. The Labute approximate surface area is 110 Å². The average molecular weight is 293 g/mol. The lowest BCUT2D eigenvalue weighted by molar-refractivity contribution is -0.137. The number of aliphatic carboxylic acids is 1. The third kappa shape index (κ3) is 3.59. The van der Waals surface area contributed by atoms with Crippen molar-refractivity contribution >= 4 is 33.5 Å². The number of carboxylic acids is 1. The van der Waals surface area contributed by atoms with Crippen LogP contribution >= 0.6 is 11.6 Å². The van der Waals surface area contributed by atoms with Crippen LogP contribution < -0.4 is 4.72 Å². The van der Waals surface area contributed by atoms with E-state index in [-0.39, 0.29) is 0 Å². The summed E-state index contributed by atoms with van der Waals surface area (Å²) in [5.41, 5.74) is 0.895. The molecule has 0 heterocycles. The normalized spacial score (nSPS) is 11.6. The van der Waals surface area contributed by atoms with E-state index in [0.717, 1.165) is 0 Å². The molecule has 0 aromatic heterocycles. The van der Waals surface area contributed by atoms with Gasteiger partial charge < -0.3 is 5.11 Å². The second-order valence-electron chi connectivity index (χ2n) is 3.67. The highest BCUT2D eigenvalue weighted by Crippen LogP contribution is 2.24. The summed E-state index contributed by atoms with van der Waals surface area (Å²) < 4.78 is 26.6. The molecule has 0 unspecified atom stereocenters. The molecule has 2 N–H and O–H groups in total. The highest BCUT2D eigenvalue weighted by molar-refractivity contribution is 7.90. The van der Waals surface area contributed by atoms with Gasteiger partial charge in [-0.2, -0.15) is 12.7 Å². The molecule has 100 valence electrons. The third-order valence-electron chi connectivity index (χ3n) is 2.27. The number of rotatable bonds is 5. The zero-order chi connectivity index (χ0) is 13.9. The van der Waals surface area contributed by atoms with Gasteiger partial charge in [-0.3, -0.25) is 9.52 Å². The summed E-state index contributed by atoms with van der Waals surface area (Å²) in [6, 6.07) is 4.79. The van der Waals surface area contributed by atoms with Gasteiger partial charge in [0, 0.05) is 12.1 Å². The molecule has 0 aliphatic heterocycles. The molecule has 0 saturated carbocycles. The summed E-state index contributed by atoms with van der Waals surface area (Å²) in [5, 5.41) is 8.98. The first-order valence-corrected chi connectivity index (χ1v) is 6.77. The smallest absolute Gasteiger partial charge is 0.318 e. The summed E-state index contributed by atoms with van der Waals surface area (Å²) >= 11 is 5.86. The number of hydrogen-bond donors (Lipinski definition) is 2. The monoisotopic (exact) mass is 292 g/mol. The van der Waals surface area contributed by atoms with Gasteiger partial charge in [0.25, 0.3) is 0 Å². The van der Waals surface area contributed by atoms with Crippen LogP contribution in [0.15, 0.2) is 18.2 Å². The van der Waals surface area contributed by atoms with Crippen molar-refractivity contribution in [2.24, 2.45) is 0 Å². The fourth-order valence-corrected chi connectivity index (χ4v) is 2.32. The Bertz CT molecular complexity index is 559. The number of nitrogens with one attached hydrogen (secondary N) is 1. The van der Waals surface area contributed by atoms with Gasteiger partial charge in [0.2, 0.25) is 0 Å². The summed E-state index contributed by atoms with van der Waals surface area (Å²) in [6.07, 6.45) is 0. The quantitative estimate of drug-likeness (QED) is 0.857. The average Bonchev–Trinajstić information content (AvgIpc) is 2.23. The van der Waals surface area contributed by atoms with Crippen LogP contribution in [0.4, 0.5) is 5.69 Å². The lowest BCUT2D eigenvalue weighted by Gasteiger charge is -2.17. The van der Waals surface area contributed by atoms with Crippen LogP contribution in [0.1, 0.15) is 5.56 Å². The third-order valence-corrected chi connectivity index (χ3v) is 4.11. The van der Waals surface area contributed by atoms with Crippen LogP contribution in [0.2, 0.25) is 5.02 Å². The molecule has 0 amide bonds. The van der Waals surface area contributed by atoms with Gasteiger partial charge in [-0.05, 0) is 24.6 Å². The number of anilines is 1. The predicted molar refractivity (Wildman–Crippen MR) is 69.0 cm³/mol. The van der Waals surface area contributed by atoms with Crippen molar-refractivity contribution in [1.29, 1.82) is 0 Å². The number of hydrogen-bond acceptors (Lipinski definition) is 3. The zero-order valence-corrected chi connectivity index (χ0v) is 11.4. The molecular formula is C10H13ClN2O4S. The first-order valence-electron chi connectivity index (χ1n) is 4.95. The van der Waals surface area contributed by atoms with E-state index in [2.05, 4.69) is 4.72 Å². The molecule has 1 aromatic rings. The number of benzene rings is 1. The SMILES string of the molecule is Cc1c(Cl)cccc1NS(=O)(=O)N(C)CC(=O)O. The Hall–Kier alpha value is -1.31. The summed E-state index contributed by atoms with van der Waals surface area (Å²) in [7, 11) is -2.73. The molecule has 6 nitrogen and oxygen atoms in total. The van der Waals surface area contributed by atoms with E-state index >= 15 is 0 Å². The van der Waals surface area contributed by atoms with Crippen molar-refractivity contribution in [2.45, 2.75) is 6.92 Å². The van der Waals surface area contributed by atoms with E-state index in [1.54, 1.807) is 25.1 Å². The molecule has 1 aromatic carbocycles. The maximum absolute atomic E-state index is 11.8. The number of halogens is 1. The van der Waals surface area contributed by atoms with Gasteiger partial charge in [0.15, 0.2) is 0 Å². The second-order valence-corrected chi connectivity index (χ2v) is 5.85. The van der Waals surface area contributed by atoms with Gasteiger partial charge in [-0.15, -0.1) is 0 Å². The largest absolute Gasteiger partial charge is 0.480 e. The van der Waals surface area contributed by atoms with E-state index in [1.165, 1.54) is 7.05 Å². The van der Waals surface area contributed by atoms with E-state index < -0.39 is 22.7 Å². The van der Waals surface area contributed by atoms with Crippen LogP contribution in [-0.4, -0.2) is 37.4 Å². The molecule has 8 heteroatoms. The van der Waals surface area contributed by atoms with Crippen molar-refractivity contribution in [3.63, 3.8) is 0 Å². The first-order chi connectivity index (χ1) is 8.24. The molecule has 0 fully saturated rings. The van der Waals surface area contributed by atoms with Gasteiger partial charge in [0.1, 0.15) is 6.54 Å². The van der Waals surface area contributed by atoms with Crippen molar-refractivity contribution in [1.82, 2.24) is 4.31 Å². The number of carbonyl (C=O) groups is 1. The Balaban J connectivity index is 2.96. The van der Waals surface area contributed by atoms with E-state index in [9.17, 15) is 13.2 Å². The molecule has 0 spiro atoms. The Morgan fingerprint density at radius 2 is 2.11 bits per heavy atom. The van der Waals surface area contributed by atoms with Gasteiger partial charge >= 0.3 is 16.2 Å². The highest BCUT2D eigenvalue weighted by Gasteiger charge is 2.20. The Morgan fingerprint density at radius 3 is 2.67 bits per heavy atom. The lowest BCUT2D eigenvalue weighted by atomic mass is 10.2. The predicted octanol–water partition coefficient (Wildman–Crippen LogP) is 1.32. The minimum Gasteiger partial charge on any atom is -0.480 e. The topological polar surface area (TPSA) is 86.7 Å². The maximum atomic E-state index is 11.8. The van der Waals surface area contributed by atoms with E-state index in [0.29, 0.717) is 20.6 Å². The zero-order valence-electron chi connectivity index (χ0n) is 9.84. The minimum atomic E-state index is -3.90. The summed E-state index contributed by atoms with van der Waals surface area (Å²) in [5.74, 6) is -1.23. The van der Waals surface area contributed by atoms with E-state index in [1.807, 2.05) is 0 Å². The molecule has 0 aliphatic carbocycles. The number of carboxylic acid groups (broad SMARTS) is 1. The Morgan fingerprint density at radius 1 is 1.50 bits per heavy atom. The van der Waals surface area contributed by atoms with Crippen LogP contribution in [0.25, 0.3) is 0 Å². The van der Waals surface area contributed by atoms with E-state index in [4.69, 9.17) is 16.7 Å². The highest BCUT2D eigenvalue weighted by atomic mass is 35.5. The number of likely N-dealkylation sites (N-methyl/N-ethyl adjacent to an activating group) is 1. The molecular weight excluding hydrogens is 280 g/mol. The van der Waals surface area contributed by atoms with Crippen LogP contribution in [0.3, 0.4) is 0 Å². The van der Waals surface area contributed by atoms with Gasteiger partial charge in [0.05, 0.1) is 5.69 Å². The van der Waals surface area contributed by atoms with Gasteiger partial charge in [-0.25, -0.2) is 0 Å². The second kappa shape index (κ2) is 5.55. The van der Waals surface area contributed by atoms with Crippen molar-refractivity contribution in [2.75, 3.05) is 18.3 Å². The van der Waals surface area contributed by atoms with Gasteiger partial charge in [-0.1, -0.05) is 17.7 Å². The van der Waals surface area contributed by atoms with Crippen LogP contribution in [0.5, 0.6) is 0 Å². The Kier molecular flexibility index (Phi) is 4.55. The maximum Gasteiger partial charge on any atom is 0.318 e. The van der Waals surface area contributed by atoms with Crippen LogP contribution in [0, 0.1) is 6.92 Å². The van der Waals surface area contributed by atoms with Crippen LogP contribution in [-0.2, 0) is 15.0 Å². The lowest BCUT2D eigenvalue weighted by Crippen LogP contribution is -2.36. The minimum absolute atomic E-state index is 0.319. The molecule has 0 aliphatic rings. The molecule has 1 rings (SSSR count). The van der Waals surface area contributed by atoms with Crippen molar-refractivity contribution in [3.8, 4) is 0 Å². The standard InChI is InChI=1S/C10H13ClN2O4S/c1-7-8(11)4-3-5-9(7)12-18(16,17)13(2)6-10(14)15/h3-5,12H,6H2,1-2H3,(H,14,15). The fourth-order valence-electron chi connectivity index (χ4n) is 1.21. The molecule has 0 radical (unpaired) electrons. The van der Waals surface area contributed by atoms with Crippen molar-refractivity contribution < 1.29 is 18.3 Å². The molecule has 0 bridgehead atoms.